The predicted molar refractivity (Wildman–Crippen MR) is 113 cm³/mol. The molecule has 0 saturated carbocycles. The number of nitrogens with one attached hydrogen (secondary N) is 4. The van der Waals surface area contributed by atoms with Gasteiger partial charge in [0.05, 0.1) is 6.54 Å². The van der Waals surface area contributed by atoms with Gasteiger partial charge in [-0.2, -0.15) is 0 Å². The van der Waals surface area contributed by atoms with Crippen LogP contribution >= 0.6 is 0 Å². The maximum absolute atomic E-state index is 12.9. The van der Waals surface area contributed by atoms with Gasteiger partial charge in [-0.25, -0.2) is 0 Å². The largest absolute Gasteiger partial charge is 0.361 e. The number of aromatic amines is 1. The Hall–Kier alpha value is -2.87. The zero-order chi connectivity index (χ0) is 21.4. The molecule has 0 aliphatic heterocycles. The Morgan fingerprint density at radius 2 is 1.83 bits per heavy atom. The quantitative estimate of drug-likeness (QED) is 0.404. The van der Waals surface area contributed by atoms with Crippen molar-refractivity contribution in [2.45, 2.75) is 45.7 Å². The second-order valence-electron chi connectivity index (χ2n) is 7.41. The fourth-order valence-electron chi connectivity index (χ4n) is 3.13. The van der Waals surface area contributed by atoms with E-state index in [9.17, 15) is 14.4 Å². The number of nitrogens with two attached hydrogens (primary N) is 1. The maximum atomic E-state index is 12.9. The summed E-state index contributed by atoms with van der Waals surface area (Å²) in [6, 6.07) is 6.27. The standard InChI is InChI=1S/C21H31N5O3/c1-4-9-23-20(28)17(10-14-12-24-16-8-6-5-7-15(14)16)25-21(29)19(13(2)3)26-18(27)11-22/h5-8,12-13,17,19,24H,4,9-11,22H2,1-3H3,(H,23,28)(H,25,29)(H,26,27)/t17-,19-/m0/s1. The summed E-state index contributed by atoms with van der Waals surface area (Å²) in [5, 5.41) is 9.30. The predicted octanol–water partition coefficient (Wildman–Crippen LogP) is 0.821. The summed E-state index contributed by atoms with van der Waals surface area (Å²) in [7, 11) is 0. The molecule has 1 aromatic heterocycles. The van der Waals surface area contributed by atoms with Crippen LogP contribution in [0.3, 0.4) is 0 Å². The lowest BCUT2D eigenvalue weighted by Crippen LogP contribution is -2.56. The Kier molecular flexibility index (Phi) is 8.21. The number of carbonyl (C=O) groups excluding carboxylic acids is 3. The summed E-state index contributed by atoms with van der Waals surface area (Å²) >= 11 is 0. The number of rotatable bonds is 10. The molecule has 158 valence electrons. The molecule has 0 bridgehead atoms. The minimum atomic E-state index is -0.768. The number of benzene rings is 1. The van der Waals surface area contributed by atoms with Crippen molar-refractivity contribution in [1.82, 2.24) is 20.9 Å². The Morgan fingerprint density at radius 1 is 1.10 bits per heavy atom. The van der Waals surface area contributed by atoms with E-state index in [1.165, 1.54) is 0 Å². The van der Waals surface area contributed by atoms with Gasteiger partial charge in [0.1, 0.15) is 12.1 Å². The molecule has 29 heavy (non-hydrogen) atoms. The third kappa shape index (κ3) is 6.05. The molecule has 0 spiro atoms. The third-order valence-corrected chi connectivity index (χ3v) is 4.73. The minimum absolute atomic E-state index is 0.155. The van der Waals surface area contributed by atoms with Gasteiger partial charge < -0.3 is 26.7 Å². The second-order valence-corrected chi connectivity index (χ2v) is 7.41. The maximum Gasteiger partial charge on any atom is 0.243 e. The molecular formula is C21H31N5O3. The SMILES string of the molecule is CCCNC(=O)[C@H](Cc1c[nH]c2ccccc12)NC(=O)[C@@H](NC(=O)CN)C(C)C. The van der Waals surface area contributed by atoms with Gasteiger partial charge in [-0.05, 0) is 24.0 Å². The van der Waals surface area contributed by atoms with Crippen LogP contribution in [0.15, 0.2) is 30.5 Å². The highest BCUT2D eigenvalue weighted by Gasteiger charge is 2.29. The van der Waals surface area contributed by atoms with Crippen molar-refractivity contribution in [3.63, 3.8) is 0 Å². The summed E-state index contributed by atoms with van der Waals surface area (Å²) in [6.45, 7) is 5.94. The number of hydrogen-bond acceptors (Lipinski definition) is 4. The molecule has 8 heteroatoms. The van der Waals surface area contributed by atoms with E-state index < -0.39 is 23.9 Å². The average Bonchev–Trinajstić information content (AvgIpc) is 3.12. The van der Waals surface area contributed by atoms with Crippen molar-refractivity contribution < 1.29 is 14.4 Å². The van der Waals surface area contributed by atoms with Crippen LogP contribution < -0.4 is 21.7 Å². The van der Waals surface area contributed by atoms with Gasteiger partial charge in [0.25, 0.3) is 0 Å². The number of amides is 3. The highest BCUT2D eigenvalue weighted by molar-refractivity contribution is 5.93. The zero-order valence-corrected chi connectivity index (χ0v) is 17.2. The summed E-state index contributed by atoms with van der Waals surface area (Å²) < 4.78 is 0. The fraction of sp³-hybridized carbons (Fsp3) is 0.476. The molecule has 0 saturated heterocycles. The first-order chi connectivity index (χ1) is 13.9. The molecule has 0 unspecified atom stereocenters. The van der Waals surface area contributed by atoms with Gasteiger partial charge in [0.2, 0.25) is 17.7 Å². The van der Waals surface area contributed by atoms with Crippen molar-refractivity contribution in [1.29, 1.82) is 0 Å². The van der Waals surface area contributed by atoms with Crippen LogP contribution in [0.4, 0.5) is 0 Å². The van der Waals surface area contributed by atoms with Crippen LogP contribution in [0.1, 0.15) is 32.8 Å². The molecule has 1 heterocycles. The topological polar surface area (TPSA) is 129 Å². The lowest BCUT2D eigenvalue weighted by atomic mass is 10.0. The molecule has 6 N–H and O–H groups in total. The molecule has 2 atom stereocenters. The van der Waals surface area contributed by atoms with Crippen molar-refractivity contribution in [3.05, 3.63) is 36.0 Å². The molecule has 0 radical (unpaired) electrons. The van der Waals surface area contributed by atoms with Crippen molar-refractivity contribution >= 4 is 28.6 Å². The molecule has 1 aromatic carbocycles. The average molecular weight is 402 g/mol. The number of carbonyl (C=O) groups is 3. The van der Waals surface area contributed by atoms with Gasteiger partial charge in [-0.1, -0.05) is 39.0 Å². The lowest BCUT2D eigenvalue weighted by molar-refractivity contribution is -0.132. The van der Waals surface area contributed by atoms with Crippen molar-refractivity contribution in [2.24, 2.45) is 11.7 Å². The van der Waals surface area contributed by atoms with Gasteiger partial charge in [-0.3, -0.25) is 14.4 Å². The zero-order valence-electron chi connectivity index (χ0n) is 17.2. The van der Waals surface area contributed by atoms with Crippen LogP contribution in [0.25, 0.3) is 10.9 Å². The van der Waals surface area contributed by atoms with Crippen LogP contribution in [-0.4, -0.2) is 47.9 Å². The van der Waals surface area contributed by atoms with E-state index in [-0.39, 0.29) is 18.4 Å². The molecule has 0 aliphatic carbocycles. The first-order valence-corrected chi connectivity index (χ1v) is 9.99. The number of H-pyrrole nitrogens is 1. The Balaban J connectivity index is 2.21. The fourth-order valence-corrected chi connectivity index (χ4v) is 3.13. The van der Waals surface area contributed by atoms with E-state index in [1.54, 1.807) is 0 Å². The van der Waals surface area contributed by atoms with Crippen LogP contribution in [-0.2, 0) is 20.8 Å². The first kappa shape index (κ1) is 22.4. The van der Waals surface area contributed by atoms with E-state index in [1.807, 2.05) is 51.2 Å². The highest BCUT2D eigenvalue weighted by atomic mass is 16.2. The molecule has 2 rings (SSSR count). The van der Waals surface area contributed by atoms with E-state index in [2.05, 4.69) is 20.9 Å². The summed E-state index contributed by atoms with van der Waals surface area (Å²) in [5.41, 5.74) is 7.26. The van der Waals surface area contributed by atoms with E-state index >= 15 is 0 Å². The lowest BCUT2D eigenvalue weighted by Gasteiger charge is -2.25. The smallest absolute Gasteiger partial charge is 0.243 e. The van der Waals surface area contributed by atoms with Crippen molar-refractivity contribution in [3.8, 4) is 0 Å². The van der Waals surface area contributed by atoms with Gasteiger partial charge in [-0.15, -0.1) is 0 Å². The third-order valence-electron chi connectivity index (χ3n) is 4.73. The van der Waals surface area contributed by atoms with Crippen LogP contribution in [0, 0.1) is 5.92 Å². The Morgan fingerprint density at radius 3 is 2.48 bits per heavy atom. The van der Waals surface area contributed by atoms with E-state index in [0.717, 1.165) is 22.9 Å². The summed E-state index contributed by atoms with van der Waals surface area (Å²) in [4.78, 5) is 40.5. The van der Waals surface area contributed by atoms with Crippen LogP contribution in [0.2, 0.25) is 0 Å². The van der Waals surface area contributed by atoms with Gasteiger partial charge in [0, 0.05) is 30.1 Å². The first-order valence-electron chi connectivity index (χ1n) is 9.99. The monoisotopic (exact) mass is 401 g/mol. The summed E-state index contributed by atoms with van der Waals surface area (Å²) in [6.07, 6.45) is 2.98. The normalized spacial score (nSPS) is 13.1. The number of fused-ring (bicyclic) bond motifs is 1. The number of para-hydroxylation sites is 1. The second kappa shape index (κ2) is 10.6. The molecule has 2 aromatic rings. The Bertz CT molecular complexity index is 846. The molecule has 0 aliphatic rings. The van der Waals surface area contributed by atoms with Crippen molar-refractivity contribution in [2.75, 3.05) is 13.1 Å². The highest BCUT2D eigenvalue weighted by Crippen LogP contribution is 2.19. The summed E-state index contributed by atoms with van der Waals surface area (Å²) in [5.74, 6) is -1.23. The molecule has 3 amide bonds. The van der Waals surface area contributed by atoms with Gasteiger partial charge >= 0.3 is 0 Å². The number of aromatic nitrogens is 1. The molecule has 8 nitrogen and oxygen atoms in total. The van der Waals surface area contributed by atoms with Gasteiger partial charge in [0.15, 0.2) is 0 Å². The van der Waals surface area contributed by atoms with E-state index in [4.69, 9.17) is 5.73 Å². The molecule has 0 fully saturated rings. The van der Waals surface area contributed by atoms with E-state index in [0.29, 0.717) is 13.0 Å². The Labute approximate surface area is 171 Å². The minimum Gasteiger partial charge on any atom is -0.361 e. The number of hydrogen-bond donors (Lipinski definition) is 5. The van der Waals surface area contributed by atoms with Crippen LogP contribution in [0.5, 0.6) is 0 Å². The molecular weight excluding hydrogens is 370 g/mol.